The van der Waals surface area contributed by atoms with Gasteiger partial charge in [-0.05, 0) is 30.5 Å². The molecule has 1 atom stereocenters. The van der Waals surface area contributed by atoms with Gasteiger partial charge >= 0.3 is 0 Å². The maximum atomic E-state index is 13.0. The molecule has 1 heterocycles. The second kappa shape index (κ2) is 9.26. The van der Waals surface area contributed by atoms with Gasteiger partial charge in [0.1, 0.15) is 6.10 Å². The molecular weight excluding hydrogens is 380 g/mol. The summed E-state index contributed by atoms with van der Waals surface area (Å²) in [6.07, 6.45) is 4.67. The molecule has 6 nitrogen and oxygen atoms in total. The minimum absolute atomic E-state index is 0.0652. The molecule has 1 aromatic carbocycles. The monoisotopic (exact) mass is 404 g/mol. The number of hydrogen-bond donors (Lipinski definition) is 2. The molecule has 0 aliphatic heterocycles. The molecule has 0 bridgehead atoms. The van der Waals surface area contributed by atoms with Gasteiger partial charge in [0.2, 0.25) is 0 Å². The fraction of sp³-hybridized carbons (Fsp3) is 0.429. The Labute approximate surface area is 169 Å². The summed E-state index contributed by atoms with van der Waals surface area (Å²) in [5.41, 5.74) is 1.04. The predicted octanol–water partition coefficient (Wildman–Crippen LogP) is 4.09. The third kappa shape index (κ3) is 4.56. The van der Waals surface area contributed by atoms with Crippen LogP contribution in [0, 0.1) is 0 Å². The van der Waals surface area contributed by atoms with Gasteiger partial charge in [-0.2, -0.15) is 0 Å². The van der Waals surface area contributed by atoms with Crippen molar-refractivity contribution in [2.24, 2.45) is 0 Å². The van der Waals surface area contributed by atoms with E-state index in [1.807, 2.05) is 6.07 Å². The van der Waals surface area contributed by atoms with Crippen LogP contribution in [0.5, 0.6) is 0 Å². The Kier molecular flexibility index (Phi) is 6.75. The fourth-order valence-corrected chi connectivity index (χ4v) is 3.79. The molecule has 2 amide bonds. The number of carbonyl (C=O) groups excluding carboxylic acids is 2. The van der Waals surface area contributed by atoms with E-state index in [1.54, 1.807) is 18.2 Å². The lowest BCUT2D eigenvalue weighted by atomic mass is 9.95. The van der Waals surface area contributed by atoms with Crippen LogP contribution < -0.4 is 10.6 Å². The average Bonchev–Trinajstić information content (AvgIpc) is 3.14. The number of ether oxygens (including phenoxy) is 1. The Morgan fingerprint density at radius 2 is 1.93 bits per heavy atom. The molecule has 1 aromatic heterocycles. The van der Waals surface area contributed by atoms with Gasteiger partial charge < -0.3 is 19.8 Å². The molecule has 3 rings (SSSR count). The maximum Gasteiger partial charge on any atom is 0.286 e. The average molecular weight is 405 g/mol. The van der Waals surface area contributed by atoms with Crippen molar-refractivity contribution in [2.45, 2.75) is 44.2 Å². The molecule has 28 heavy (non-hydrogen) atoms. The highest BCUT2D eigenvalue weighted by atomic mass is 35.5. The molecule has 1 unspecified atom stereocenters. The lowest BCUT2D eigenvalue weighted by Crippen LogP contribution is -2.36. The number of benzene rings is 1. The third-order valence-corrected chi connectivity index (χ3v) is 5.26. The molecular formula is C21H25ClN2O4. The summed E-state index contributed by atoms with van der Waals surface area (Å²) < 4.78 is 11.4. The van der Waals surface area contributed by atoms with Crippen molar-refractivity contribution in [3.63, 3.8) is 0 Å². The summed E-state index contributed by atoms with van der Waals surface area (Å²) in [5.74, 6) is -0.309. The second-order valence-corrected chi connectivity index (χ2v) is 7.38. The van der Waals surface area contributed by atoms with Crippen LogP contribution in [0.25, 0.3) is 0 Å². The number of halogens is 1. The first-order chi connectivity index (χ1) is 13.5. The van der Waals surface area contributed by atoms with Crippen molar-refractivity contribution in [1.82, 2.24) is 10.6 Å². The van der Waals surface area contributed by atoms with Crippen LogP contribution in [-0.4, -0.2) is 32.0 Å². The normalized spacial score (nSPS) is 15.8. The summed E-state index contributed by atoms with van der Waals surface area (Å²) in [4.78, 5) is 25.1. The maximum absolute atomic E-state index is 13.0. The largest absolute Gasteiger partial charge is 0.452 e. The van der Waals surface area contributed by atoms with E-state index in [4.69, 9.17) is 20.8 Å². The van der Waals surface area contributed by atoms with Crippen LogP contribution in [0.2, 0.25) is 5.02 Å². The van der Waals surface area contributed by atoms with Gasteiger partial charge in [-0.25, -0.2) is 0 Å². The SMILES string of the molecule is CNC(=O)c1cc(C(=O)NC2CCCCC2)c(C(OC)c2cccc(Cl)c2)o1. The molecule has 1 aliphatic rings. The Balaban J connectivity index is 1.96. The van der Waals surface area contributed by atoms with E-state index in [-0.39, 0.29) is 23.5 Å². The Bertz CT molecular complexity index is 843. The molecule has 0 radical (unpaired) electrons. The van der Waals surface area contributed by atoms with E-state index in [9.17, 15) is 9.59 Å². The van der Waals surface area contributed by atoms with Gasteiger partial charge in [-0.3, -0.25) is 9.59 Å². The van der Waals surface area contributed by atoms with Crippen LogP contribution in [0.15, 0.2) is 34.7 Å². The molecule has 2 aromatic rings. The zero-order valence-electron chi connectivity index (χ0n) is 16.1. The number of nitrogens with one attached hydrogen (secondary N) is 2. The molecule has 1 fully saturated rings. The number of carbonyl (C=O) groups is 2. The molecule has 1 saturated carbocycles. The van der Waals surface area contributed by atoms with E-state index < -0.39 is 12.0 Å². The summed E-state index contributed by atoms with van der Waals surface area (Å²) in [6.45, 7) is 0. The Morgan fingerprint density at radius 1 is 1.18 bits per heavy atom. The summed E-state index contributed by atoms with van der Waals surface area (Å²) in [6, 6.07) is 8.76. The van der Waals surface area contributed by atoms with E-state index in [0.29, 0.717) is 10.6 Å². The number of rotatable bonds is 6. The minimum Gasteiger partial charge on any atom is -0.452 e. The Morgan fingerprint density at radius 3 is 2.57 bits per heavy atom. The minimum atomic E-state index is -0.663. The smallest absolute Gasteiger partial charge is 0.286 e. The lowest BCUT2D eigenvalue weighted by molar-refractivity contribution is 0.0876. The molecule has 1 aliphatic carbocycles. The molecule has 0 spiro atoms. The van der Waals surface area contributed by atoms with E-state index >= 15 is 0 Å². The van der Waals surface area contributed by atoms with Crippen LogP contribution in [-0.2, 0) is 4.74 Å². The van der Waals surface area contributed by atoms with Crippen LogP contribution in [0.1, 0.15) is 70.4 Å². The van der Waals surface area contributed by atoms with Crippen LogP contribution in [0.3, 0.4) is 0 Å². The van der Waals surface area contributed by atoms with Gasteiger partial charge in [0.15, 0.2) is 11.5 Å². The number of furan rings is 1. The van der Waals surface area contributed by atoms with E-state index in [1.165, 1.54) is 26.6 Å². The standard InChI is InChI=1S/C21H25ClN2O4/c1-23-21(26)17-12-16(20(25)24-15-9-4-3-5-10-15)19(28-17)18(27-2)13-7-6-8-14(22)11-13/h6-8,11-12,15,18H,3-5,9-10H2,1-2H3,(H,23,26)(H,24,25). The number of hydrogen-bond acceptors (Lipinski definition) is 4. The zero-order chi connectivity index (χ0) is 20.1. The fourth-order valence-electron chi connectivity index (χ4n) is 3.59. The van der Waals surface area contributed by atoms with Crippen LogP contribution >= 0.6 is 11.6 Å². The van der Waals surface area contributed by atoms with Crippen LogP contribution in [0.4, 0.5) is 0 Å². The number of methoxy groups -OCH3 is 1. The molecule has 0 saturated heterocycles. The van der Waals surface area contributed by atoms with E-state index in [0.717, 1.165) is 31.2 Å². The summed E-state index contributed by atoms with van der Waals surface area (Å²) in [7, 11) is 3.04. The van der Waals surface area contributed by atoms with Gasteiger partial charge in [-0.1, -0.05) is 43.0 Å². The molecule has 2 N–H and O–H groups in total. The zero-order valence-corrected chi connectivity index (χ0v) is 16.8. The number of amides is 2. The lowest BCUT2D eigenvalue weighted by Gasteiger charge is -2.23. The van der Waals surface area contributed by atoms with Gasteiger partial charge in [0, 0.05) is 31.3 Å². The van der Waals surface area contributed by atoms with Gasteiger partial charge in [-0.15, -0.1) is 0 Å². The topological polar surface area (TPSA) is 80.6 Å². The second-order valence-electron chi connectivity index (χ2n) is 6.95. The van der Waals surface area contributed by atoms with Crippen molar-refractivity contribution < 1.29 is 18.7 Å². The third-order valence-electron chi connectivity index (χ3n) is 5.02. The summed E-state index contributed by atoms with van der Waals surface area (Å²) in [5, 5.41) is 6.14. The van der Waals surface area contributed by atoms with Crippen molar-refractivity contribution in [1.29, 1.82) is 0 Å². The Hall–Kier alpha value is -2.31. The van der Waals surface area contributed by atoms with Gasteiger partial charge in [0.25, 0.3) is 11.8 Å². The van der Waals surface area contributed by atoms with Crippen molar-refractivity contribution in [3.05, 3.63) is 58.0 Å². The van der Waals surface area contributed by atoms with Crippen molar-refractivity contribution in [2.75, 3.05) is 14.2 Å². The van der Waals surface area contributed by atoms with E-state index in [2.05, 4.69) is 10.6 Å². The van der Waals surface area contributed by atoms with Gasteiger partial charge in [0.05, 0.1) is 5.56 Å². The van der Waals surface area contributed by atoms with Crippen molar-refractivity contribution >= 4 is 23.4 Å². The molecule has 150 valence electrons. The first-order valence-corrected chi connectivity index (χ1v) is 9.86. The quantitative estimate of drug-likeness (QED) is 0.759. The highest BCUT2D eigenvalue weighted by Crippen LogP contribution is 2.32. The summed E-state index contributed by atoms with van der Waals surface area (Å²) >= 11 is 6.11. The van der Waals surface area contributed by atoms with Crippen molar-refractivity contribution in [3.8, 4) is 0 Å². The highest BCUT2D eigenvalue weighted by Gasteiger charge is 2.29. The highest BCUT2D eigenvalue weighted by molar-refractivity contribution is 6.30. The first kappa shape index (κ1) is 20.4. The predicted molar refractivity (Wildman–Crippen MR) is 107 cm³/mol. The molecule has 7 heteroatoms. The first-order valence-electron chi connectivity index (χ1n) is 9.48.